The molecule has 1 fully saturated rings. The van der Waals surface area contributed by atoms with Crippen molar-refractivity contribution in [3.63, 3.8) is 0 Å². The zero-order valence-corrected chi connectivity index (χ0v) is 20.5. The van der Waals surface area contributed by atoms with Gasteiger partial charge in [0.05, 0.1) is 5.92 Å². The number of amides is 2. The minimum atomic E-state index is -1.01. The molecule has 186 valence electrons. The second-order valence-corrected chi connectivity index (χ2v) is 10.3. The molecule has 0 aromatic heterocycles. The molecule has 2 N–H and O–H groups in total. The van der Waals surface area contributed by atoms with Crippen LogP contribution in [0.4, 0.5) is 9.59 Å². The summed E-state index contributed by atoms with van der Waals surface area (Å²) in [4.78, 5) is 38.4. The number of carbonyl (C=O) groups is 3. The summed E-state index contributed by atoms with van der Waals surface area (Å²) in [5, 5.41) is 12.5. The van der Waals surface area contributed by atoms with Crippen molar-refractivity contribution in [2.75, 3.05) is 19.7 Å². The van der Waals surface area contributed by atoms with E-state index in [0.29, 0.717) is 0 Å². The van der Waals surface area contributed by atoms with Gasteiger partial charge in [0.15, 0.2) is 0 Å². The predicted octanol–water partition coefficient (Wildman–Crippen LogP) is 4.48. The number of carboxylic acid groups (broad SMARTS) is 1. The van der Waals surface area contributed by atoms with Crippen LogP contribution in [-0.4, -0.2) is 59.5 Å². The molecule has 1 aliphatic carbocycles. The van der Waals surface area contributed by atoms with Crippen LogP contribution >= 0.6 is 0 Å². The van der Waals surface area contributed by atoms with E-state index in [1.807, 2.05) is 36.4 Å². The van der Waals surface area contributed by atoms with E-state index in [1.165, 1.54) is 4.90 Å². The van der Waals surface area contributed by atoms with Gasteiger partial charge in [-0.25, -0.2) is 9.59 Å². The number of nitrogens with one attached hydrogen (secondary N) is 1. The quantitative estimate of drug-likeness (QED) is 0.654. The molecule has 0 spiro atoms. The zero-order valence-electron chi connectivity index (χ0n) is 20.5. The van der Waals surface area contributed by atoms with Crippen LogP contribution in [0, 0.1) is 11.8 Å². The van der Waals surface area contributed by atoms with E-state index in [4.69, 9.17) is 9.47 Å². The van der Waals surface area contributed by atoms with Crippen molar-refractivity contribution in [3.05, 3.63) is 59.7 Å². The molecule has 1 aliphatic heterocycles. The highest BCUT2D eigenvalue weighted by molar-refractivity contribution is 5.79. The highest BCUT2D eigenvalue weighted by Gasteiger charge is 2.44. The summed E-state index contributed by atoms with van der Waals surface area (Å²) in [6.07, 6.45) is -1.17. The fraction of sp³-hybridized carbons (Fsp3) is 0.444. The summed E-state index contributed by atoms with van der Waals surface area (Å²) < 4.78 is 11.0. The van der Waals surface area contributed by atoms with Gasteiger partial charge in [-0.15, -0.1) is 0 Å². The maximum absolute atomic E-state index is 12.7. The third-order valence-corrected chi connectivity index (χ3v) is 6.67. The van der Waals surface area contributed by atoms with Gasteiger partial charge < -0.3 is 24.8 Å². The maximum Gasteiger partial charge on any atom is 0.410 e. The SMILES string of the molecule is CC(NC(=O)OCC1c2ccccc2-c2ccccc21)C1CN(C(=O)OC(C)(C)C)CC1C(=O)O. The molecule has 2 aromatic carbocycles. The van der Waals surface area contributed by atoms with Crippen molar-refractivity contribution in [1.29, 1.82) is 0 Å². The number of likely N-dealkylation sites (tertiary alicyclic amines) is 1. The number of ether oxygens (including phenoxy) is 2. The Labute approximate surface area is 205 Å². The summed E-state index contributed by atoms with van der Waals surface area (Å²) in [6.45, 7) is 7.39. The lowest BCUT2D eigenvalue weighted by atomic mass is 9.90. The fourth-order valence-corrected chi connectivity index (χ4v) is 5.01. The van der Waals surface area contributed by atoms with Crippen molar-refractivity contribution < 1.29 is 29.0 Å². The monoisotopic (exact) mass is 480 g/mol. The number of carboxylic acids is 1. The first-order valence-corrected chi connectivity index (χ1v) is 11.9. The van der Waals surface area contributed by atoms with Gasteiger partial charge in [0.1, 0.15) is 12.2 Å². The number of benzene rings is 2. The Bertz CT molecular complexity index is 1080. The number of alkyl carbamates (subject to hydrolysis) is 1. The first-order valence-electron chi connectivity index (χ1n) is 11.9. The van der Waals surface area contributed by atoms with Crippen molar-refractivity contribution >= 4 is 18.2 Å². The number of rotatable bonds is 5. The van der Waals surface area contributed by atoms with Crippen molar-refractivity contribution in [1.82, 2.24) is 10.2 Å². The van der Waals surface area contributed by atoms with Crippen LogP contribution in [0.5, 0.6) is 0 Å². The topological polar surface area (TPSA) is 105 Å². The van der Waals surface area contributed by atoms with E-state index < -0.39 is 41.6 Å². The van der Waals surface area contributed by atoms with Gasteiger partial charge in [0.2, 0.25) is 0 Å². The average molecular weight is 481 g/mol. The fourth-order valence-electron chi connectivity index (χ4n) is 5.01. The zero-order chi connectivity index (χ0) is 25.3. The molecular formula is C27H32N2O6. The molecule has 3 atom stereocenters. The molecular weight excluding hydrogens is 448 g/mol. The Hall–Kier alpha value is -3.55. The molecule has 35 heavy (non-hydrogen) atoms. The van der Waals surface area contributed by atoms with Crippen LogP contribution in [0.3, 0.4) is 0 Å². The molecule has 0 saturated carbocycles. The van der Waals surface area contributed by atoms with Crippen LogP contribution in [-0.2, 0) is 14.3 Å². The summed E-state index contributed by atoms with van der Waals surface area (Å²) in [7, 11) is 0. The first kappa shape index (κ1) is 24.6. The molecule has 2 amide bonds. The van der Waals surface area contributed by atoms with Crippen molar-refractivity contribution in [2.24, 2.45) is 11.8 Å². The summed E-state index contributed by atoms with van der Waals surface area (Å²) in [6, 6.07) is 15.7. The second-order valence-electron chi connectivity index (χ2n) is 10.3. The van der Waals surface area contributed by atoms with Crippen LogP contribution in [0.1, 0.15) is 44.7 Å². The molecule has 3 unspecified atom stereocenters. The lowest BCUT2D eigenvalue weighted by molar-refractivity contribution is -0.142. The Balaban J connectivity index is 1.38. The smallest absolute Gasteiger partial charge is 0.410 e. The maximum atomic E-state index is 12.7. The molecule has 8 heteroatoms. The number of nitrogens with zero attached hydrogens (tertiary/aromatic N) is 1. The molecule has 8 nitrogen and oxygen atoms in total. The second kappa shape index (κ2) is 9.60. The predicted molar refractivity (Wildman–Crippen MR) is 130 cm³/mol. The lowest BCUT2D eigenvalue weighted by Gasteiger charge is -2.25. The van der Waals surface area contributed by atoms with E-state index >= 15 is 0 Å². The molecule has 2 aromatic rings. The lowest BCUT2D eigenvalue weighted by Crippen LogP contribution is -2.43. The van der Waals surface area contributed by atoms with Gasteiger partial charge in [-0.2, -0.15) is 0 Å². The molecule has 4 rings (SSSR count). The van der Waals surface area contributed by atoms with Crippen LogP contribution < -0.4 is 5.32 Å². The molecule has 1 heterocycles. The van der Waals surface area contributed by atoms with E-state index in [0.717, 1.165) is 22.3 Å². The van der Waals surface area contributed by atoms with Crippen molar-refractivity contribution in [2.45, 2.75) is 45.3 Å². The van der Waals surface area contributed by atoms with Gasteiger partial charge >= 0.3 is 18.2 Å². The third-order valence-electron chi connectivity index (χ3n) is 6.67. The number of hydrogen-bond acceptors (Lipinski definition) is 5. The molecule has 2 aliphatic rings. The Morgan fingerprint density at radius 1 is 1.03 bits per heavy atom. The Kier molecular flexibility index (Phi) is 6.74. The van der Waals surface area contributed by atoms with Gasteiger partial charge in [-0.3, -0.25) is 4.79 Å². The van der Waals surface area contributed by atoms with Crippen molar-refractivity contribution in [3.8, 4) is 11.1 Å². The molecule has 1 saturated heterocycles. The number of carbonyl (C=O) groups excluding carboxylic acids is 2. The standard InChI is InChI=1S/C27H32N2O6/c1-16(21-13-29(14-22(21)24(30)31)26(33)35-27(2,3)4)28-25(32)34-15-23-19-11-7-5-9-17(19)18-10-6-8-12-20(18)23/h5-12,16,21-23H,13-15H2,1-4H3,(H,28,32)(H,30,31). The summed E-state index contributed by atoms with van der Waals surface area (Å²) in [5.74, 6) is -2.36. The van der Waals surface area contributed by atoms with Gasteiger partial charge in [-0.05, 0) is 49.9 Å². The van der Waals surface area contributed by atoms with Gasteiger partial charge in [0, 0.05) is 31.0 Å². The highest BCUT2D eigenvalue weighted by atomic mass is 16.6. The Morgan fingerprint density at radius 3 is 2.14 bits per heavy atom. The highest BCUT2D eigenvalue weighted by Crippen LogP contribution is 2.44. The third kappa shape index (κ3) is 5.26. The normalized spacial score (nSPS) is 20.1. The minimum Gasteiger partial charge on any atom is -0.481 e. The van der Waals surface area contributed by atoms with E-state index in [9.17, 15) is 19.5 Å². The average Bonchev–Trinajstić information content (AvgIpc) is 3.37. The van der Waals surface area contributed by atoms with Crippen LogP contribution in [0.15, 0.2) is 48.5 Å². The van der Waals surface area contributed by atoms with E-state index in [1.54, 1.807) is 27.7 Å². The number of hydrogen-bond donors (Lipinski definition) is 2. The largest absolute Gasteiger partial charge is 0.481 e. The molecule has 0 radical (unpaired) electrons. The van der Waals surface area contributed by atoms with E-state index in [-0.39, 0.29) is 25.6 Å². The minimum absolute atomic E-state index is 0.0334. The van der Waals surface area contributed by atoms with Crippen LogP contribution in [0.25, 0.3) is 11.1 Å². The van der Waals surface area contributed by atoms with Gasteiger partial charge in [0.25, 0.3) is 0 Å². The molecule has 0 bridgehead atoms. The number of aliphatic carboxylic acids is 1. The van der Waals surface area contributed by atoms with Gasteiger partial charge in [-0.1, -0.05) is 48.5 Å². The number of fused-ring (bicyclic) bond motifs is 3. The first-order chi connectivity index (χ1) is 16.5. The summed E-state index contributed by atoms with van der Waals surface area (Å²) in [5.41, 5.74) is 3.83. The van der Waals surface area contributed by atoms with Crippen LogP contribution in [0.2, 0.25) is 0 Å². The summed E-state index contributed by atoms with van der Waals surface area (Å²) >= 11 is 0. The van der Waals surface area contributed by atoms with E-state index in [2.05, 4.69) is 17.4 Å². The Morgan fingerprint density at radius 2 is 1.60 bits per heavy atom.